The van der Waals surface area contributed by atoms with E-state index in [9.17, 15) is 0 Å². The second-order valence-electron chi connectivity index (χ2n) is 5.53. The van der Waals surface area contributed by atoms with Crippen LogP contribution in [-0.2, 0) is 0 Å². The molecule has 0 radical (unpaired) electrons. The molecule has 0 heterocycles. The zero-order valence-electron chi connectivity index (χ0n) is 12.6. The maximum Gasteiger partial charge on any atom is 0.0300 e. The fraction of sp³-hybridized carbons (Fsp3) is 0.333. The summed E-state index contributed by atoms with van der Waals surface area (Å²) >= 11 is 3.53. The fourth-order valence-electron chi connectivity index (χ4n) is 2.65. The van der Waals surface area contributed by atoms with Crippen molar-refractivity contribution in [3.05, 3.63) is 69.2 Å². The van der Waals surface area contributed by atoms with Crippen molar-refractivity contribution in [2.75, 3.05) is 0 Å². The summed E-state index contributed by atoms with van der Waals surface area (Å²) in [6.07, 6.45) is 0. The normalized spacial score (nSPS) is 14.1. The van der Waals surface area contributed by atoms with Gasteiger partial charge in [-0.15, -0.1) is 0 Å². The van der Waals surface area contributed by atoms with E-state index in [0.717, 1.165) is 4.47 Å². The highest BCUT2D eigenvalue weighted by molar-refractivity contribution is 9.10. The first-order chi connectivity index (χ1) is 9.47. The van der Waals surface area contributed by atoms with Gasteiger partial charge >= 0.3 is 0 Å². The number of hydrogen-bond donors (Lipinski definition) is 1. The number of aryl methyl sites for hydroxylation is 2. The highest BCUT2D eigenvalue weighted by Crippen LogP contribution is 2.24. The molecule has 0 bridgehead atoms. The molecule has 0 aliphatic heterocycles. The Morgan fingerprint density at radius 2 is 1.70 bits per heavy atom. The van der Waals surface area contributed by atoms with Crippen molar-refractivity contribution in [1.82, 2.24) is 5.32 Å². The van der Waals surface area contributed by atoms with E-state index in [2.05, 4.69) is 91.4 Å². The average molecular weight is 332 g/mol. The van der Waals surface area contributed by atoms with Gasteiger partial charge in [0.1, 0.15) is 0 Å². The Hall–Kier alpha value is -1.12. The number of hydrogen-bond acceptors (Lipinski definition) is 1. The molecular weight excluding hydrogens is 310 g/mol. The Kier molecular flexibility index (Phi) is 5.00. The molecule has 0 aromatic heterocycles. The molecule has 0 amide bonds. The lowest BCUT2D eigenvalue weighted by molar-refractivity contribution is 0.493. The summed E-state index contributed by atoms with van der Waals surface area (Å²) < 4.78 is 1.13. The first-order valence-corrected chi connectivity index (χ1v) is 7.85. The molecule has 2 atom stereocenters. The van der Waals surface area contributed by atoms with Crippen molar-refractivity contribution in [2.45, 2.75) is 39.8 Å². The molecule has 0 spiro atoms. The van der Waals surface area contributed by atoms with E-state index in [1.807, 2.05) is 0 Å². The van der Waals surface area contributed by atoms with Gasteiger partial charge in [0.05, 0.1) is 0 Å². The molecule has 0 saturated heterocycles. The highest BCUT2D eigenvalue weighted by Gasteiger charge is 2.13. The molecule has 1 N–H and O–H groups in total. The maximum absolute atomic E-state index is 3.68. The van der Waals surface area contributed by atoms with Gasteiger partial charge in [-0.1, -0.05) is 51.8 Å². The first kappa shape index (κ1) is 15.3. The summed E-state index contributed by atoms with van der Waals surface area (Å²) in [6.45, 7) is 8.76. The molecule has 2 aromatic rings. The van der Waals surface area contributed by atoms with Gasteiger partial charge in [0, 0.05) is 16.6 Å². The second-order valence-corrected chi connectivity index (χ2v) is 6.44. The lowest BCUT2D eigenvalue weighted by atomic mass is 9.99. The average Bonchev–Trinajstić information content (AvgIpc) is 2.38. The monoisotopic (exact) mass is 331 g/mol. The van der Waals surface area contributed by atoms with Crippen molar-refractivity contribution < 1.29 is 0 Å². The number of halogens is 1. The first-order valence-electron chi connectivity index (χ1n) is 7.06. The van der Waals surface area contributed by atoms with Gasteiger partial charge in [0.15, 0.2) is 0 Å². The number of rotatable bonds is 4. The van der Waals surface area contributed by atoms with Crippen LogP contribution in [0.15, 0.2) is 46.9 Å². The van der Waals surface area contributed by atoms with Gasteiger partial charge in [0.2, 0.25) is 0 Å². The maximum atomic E-state index is 3.68. The zero-order chi connectivity index (χ0) is 14.7. The van der Waals surface area contributed by atoms with Crippen LogP contribution in [0.1, 0.15) is 48.2 Å². The van der Waals surface area contributed by atoms with E-state index >= 15 is 0 Å². The summed E-state index contributed by atoms with van der Waals surface area (Å²) in [6, 6.07) is 15.8. The van der Waals surface area contributed by atoms with Crippen molar-refractivity contribution in [3.63, 3.8) is 0 Å². The van der Waals surface area contributed by atoms with Gasteiger partial charge in [-0.3, -0.25) is 0 Å². The minimum absolute atomic E-state index is 0.322. The Balaban J connectivity index is 2.12. The lowest BCUT2D eigenvalue weighted by Crippen LogP contribution is -2.23. The van der Waals surface area contributed by atoms with E-state index < -0.39 is 0 Å². The topological polar surface area (TPSA) is 12.0 Å². The largest absolute Gasteiger partial charge is 0.304 e. The van der Waals surface area contributed by atoms with Gasteiger partial charge in [-0.05, 0) is 56.5 Å². The van der Waals surface area contributed by atoms with E-state index in [4.69, 9.17) is 0 Å². The minimum atomic E-state index is 0.322. The van der Waals surface area contributed by atoms with E-state index in [0.29, 0.717) is 12.1 Å². The van der Waals surface area contributed by atoms with Crippen molar-refractivity contribution in [3.8, 4) is 0 Å². The molecule has 0 saturated carbocycles. The molecule has 2 aromatic carbocycles. The van der Waals surface area contributed by atoms with Crippen LogP contribution >= 0.6 is 15.9 Å². The highest BCUT2D eigenvalue weighted by atomic mass is 79.9. The van der Waals surface area contributed by atoms with E-state index in [1.54, 1.807) is 0 Å². The molecule has 1 nitrogen and oxygen atoms in total. The summed E-state index contributed by atoms with van der Waals surface area (Å²) in [5, 5.41) is 3.68. The van der Waals surface area contributed by atoms with Crippen LogP contribution in [0.5, 0.6) is 0 Å². The molecule has 0 aliphatic rings. The van der Waals surface area contributed by atoms with Crippen molar-refractivity contribution in [1.29, 1.82) is 0 Å². The molecule has 0 aliphatic carbocycles. The molecule has 2 rings (SSSR count). The molecule has 106 valence electrons. The fourth-order valence-corrected chi connectivity index (χ4v) is 3.07. The Labute approximate surface area is 130 Å². The van der Waals surface area contributed by atoms with Gasteiger partial charge in [-0.2, -0.15) is 0 Å². The van der Waals surface area contributed by atoms with Crippen LogP contribution in [0.2, 0.25) is 0 Å². The Bertz CT molecular complexity index is 592. The zero-order valence-corrected chi connectivity index (χ0v) is 14.2. The Morgan fingerprint density at radius 3 is 2.35 bits per heavy atom. The molecule has 1 unspecified atom stereocenters. The van der Waals surface area contributed by atoms with Gasteiger partial charge in [0.25, 0.3) is 0 Å². The third-order valence-corrected chi connectivity index (χ3v) is 4.23. The quantitative estimate of drug-likeness (QED) is 0.782. The molecular formula is C18H22BrN. The van der Waals surface area contributed by atoms with Crippen molar-refractivity contribution in [2.24, 2.45) is 0 Å². The van der Waals surface area contributed by atoms with Crippen LogP contribution in [0.4, 0.5) is 0 Å². The summed E-state index contributed by atoms with van der Waals surface area (Å²) in [4.78, 5) is 0. The molecule has 2 heteroatoms. The predicted molar refractivity (Wildman–Crippen MR) is 90.0 cm³/mol. The second kappa shape index (κ2) is 6.55. The summed E-state index contributed by atoms with van der Waals surface area (Å²) in [5.74, 6) is 0. The smallest absolute Gasteiger partial charge is 0.0300 e. The summed E-state index contributed by atoms with van der Waals surface area (Å²) in [5.41, 5.74) is 5.35. The van der Waals surface area contributed by atoms with Crippen LogP contribution in [0, 0.1) is 13.8 Å². The predicted octanol–water partition coefficient (Wildman–Crippen LogP) is 5.48. The van der Waals surface area contributed by atoms with Crippen LogP contribution in [0.3, 0.4) is 0 Å². The SMILES string of the molecule is Cc1ccc(C(C)N[C@H](C)c2cccc(Br)c2)c(C)c1. The third kappa shape index (κ3) is 3.71. The molecule has 20 heavy (non-hydrogen) atoms. The van der Waals surface area contributed by atoms with Crippen LogP contribution in [-0.4, -0.2) is 0 Å². The lowest BCUT2D eigenvalue weighted by Gasteiger charge is -2.22. The van der Waals surface area contributed by atoms with E-state index in [1.165, 1.54) is 22.3 Å². The van der Waals surface area contributed by atoms with Gasteiger partial charge < -0.3 is 5.32 Å². The molecule has 0 fully saturated rings. The van der Waals surface area contributed by atoms with Crippen molar-refractivity contribution >= 4 is 15.9 Å². The summed E-state index contributed by atoms with van der Waals surface area (Å²) in [7, 11) is 0. The number of nitrogens with one attached hydrogen (secondary N) is 1. The van der Waals surface area contributed by atoms with Gasteiger partial charge in [-0.25, -0.2) is 0 Å². The van der Waals surface area contributed by atoms with Crippen LogP contribution in [0.25, 0.3) is 0 Å². The van der Waals surface area contributed by atoms with Crippen LogP contribution < -0.4 is 5.32 Å². The number of benzene rings is 2. The third-order valence-electron chi connectivity index (χ3n) is 3.74. The van der Waals surface area contributed by atoms with E-state index in [-0.39, 0.29) is 0 Å². The minimum Gasteiger partial charge on any atom is -0.304 e. The standard InChI is InChI=1S/C18H22BrN/c1-12-8-9-18(13(2)10-12)15(4)20-14(3)16-6-5-7-17(19)11-16/h5-11,14-15,20H,1-4H3/t14-,15?/m1/s1. The Morgan fingerprint density at radius 1 is 0.950 bits per heavy atom.